The summed E-state index contributed by atoms with van der Waals surface area (Å²) in [7, 11) is 3.38. The number of ether oxygens (including phenoxy) is 1. The number of aryl methyl sites for hydroxylation is 1. The lowest BCUT2D eigenvalue weighted by Gasteiger charge is -2.32. The average Bonchev–Trinajstić information content (AvgIpc) is 3.03. The molecule has 1 aliphatic heterocycles. The molecule has 2 aliphatic carbocycles. The van der Waals surface area contributed by atoms with Crippen LogP contribution in [0.3, 0.4) is 0 Å². The van der Waals surface area contributed by atoms with E-state index in [0.29, 0.717) is 34.1 Å². The van der Waals surface area contributed by atoms with Gasteiger partial charge in [0.1, 0.15) is 5.76 Å². The van der Waals surface area contributed by atoms with Crippen molar-refractivity contribution in [2.45, 2.75) is 77.3 Å². The summed E-state index contributed by atoms with van der Waals surface area (Å²) >= 11 is 0. The van der Waals surface area contributed by atoms with Gasteiger partial charge < -0.3 is 9.64 Å². The second-order valence-electron chi connectivity index (χ2n) is 12.5. The van der Waals surface area contributed by atoms with Gasteiger partial charge in [-0.3, -0.25) is 4.79 Å². The fourth-order valence-electron chi connectivity index (χ4n) is 6.68. The number of methoxy groups -OCH3 is 1. The number of carbonyl (C=O) groups is 1. The number of hydrogen-bond donors (Lipinski definition) is 0. The van der Waals surface area contributed by atoms with Crippen molar-refractivity contribution in [3.05, 3.63) is 111 Å². The zero-order chi connectivity index (χ0) is 30.1. The van der Waals surface area contributed by atoms with E-state index in [1.54, 1.807) is 13.2 Å². The van der Waals surface area contributed by atoms with Crippen LogP contribution in [0.1, 0.15) is 81.2 Å². The van der Waals surface area contributed by atoms with E-state index in [4.69, 9.17) is 4.74 Å². The second kappa shape index (κ2) is 9.78. The number of carbonyl (C=O) groups excluding carboxylic acids is 1. The monoisotopic (exact) mass is 561 g/mol. The molecule has 2 aromatic rings. The van der Waals surface area contributed by atoms with Crippen molar-refractivity contribution in [1.29, 1.82) is 0 Å². The minimum absolute atomic E-state index is 0.122. The van der Waals surface area contributed by atoms with E-state index in [9.17, 15) is 18.0 Å². The molecule has 0 saturated carbocycles. The van der Waals surface area contributed by atoms with E-state index in [0.717, 1.165) is 30.2 Å². The number of ketones is 1. The molecule has 6 heteroatoms. The average molecular weight is 562 g/mol. The highest BCUT2D eigenvalue weighted by atomic mass is 19.4. The molecule has 0 spiro atoms. The standard InChI is InChI=1S/C35H38F3NO2/c1-9-21-11-12-22(33(3,4)27-16-20(2)10-14-24(21)27)17-25-31(40)26(32(25)41-8)19-30-34(5,6)28-18-23(35(36,37)38)13-15-29(28)39(30)7/h10,12-19,21H,9,11H2,1-8H3/b25-17-,30-19-/t21-/m1/s1. The van der Waals surface area contributed by atoms with Gasteiger partial charge in [0.05, 0.1) is 23.8 Å². The predicted molar refractivity (Wildman–Crippen MR) is 158 cm³/mol. The Kier molecular flexibility index (Phi) is 6.91. The molecule has 41 heavy (non-hydrogen) atoms. The molecule has 3 aliphatic rings. The van der Waals surface area contributed by atoms with Crippen molar-refractivity contribution in [3.8, 4) is 0 Å². The largest absolute Gasteiger partial charge is 0.495 e. The molecule has 1 heterocycles. The van der Waals surface area contributed by atoms with Gasteiger partial charge >= 0.3 is 6.18 Å². The van der Waals surface area contributed by atoms with Crippen molar-refractivity contribution in [2.24, 2.45) is 0 Å². The van der Waals surface area contributed by atoms with Crippen LogP contribution in [0.15, 0.2) is 82.8 Å². The summed E-state index contributed by atoms with van der Waals surface area (Å²) in [6.45, 7) is 12.5. The summed E-state index contributed by atoms with van der Waals surface area (Å²) in [5, 5.41) is 0. The second-order valence-corrected chi connectivity index (χ2v) is 12.5. The minimum atomic E-state index is -4.43. The summed E-state index contributed by atoms with van der Waals surface area (Å²) in [5.41, 5.74) is 6.19. The molecule has 0 saturated heterocycles. The Hall–Kier alpha value is -3.54. The molecule has 2 aromatic carbocycles. The molecule has 0 aromatic heterocycles. The number of allylic oxidation sites excluding steroid dienone is 7. The fourth-order valence-corrected chi connectivity index (χ4v) is 6.68. The van der Waals surface area contributed by atoms with Crippen LogP contribution in [0.2, 0.25) is 0 Å². The smallest absolute Gasteiger partial charge is 0.416 e. The molecule has 3 nitrogen and oxygen atoms in total. The zero-order valence-electron chi connectivity index (χ0n) is 25.1. The van der Waals surface area contributed by atoms with Crippen LogP contribution in [0.25, 0.3) is 0 Å². The molecule has 1 atom stereocenters. The number of Topliss-reactive ketones (excluding diaryl/α,β-unsaturated/α-hetero) is 1. The first kappa shape index (κ1) is 29.0. The lowest BCUT2D eigenvalue weighted by Crippen LogP contribution is -2.28. The molecule has 0 radical (unpaired) electrons. The van der Waals surface area contributed by atoms with Crippen molar-refractivity contribution in [3.63, 3.8) is 0 Å². The van der Waals surface area contributed by atoms with Gasteiger partial charge in [-0.15, -0.1) is 0 Å². The summed E-state index contributed by atoms with van der Waals surface area (Å²) in [6, 6.07) is 10.5. The Bertz CT molecular complexity index is 1570. The number of alkyl halides is 3. The fraction of sp³-hybridized carbons (Fsp3) is 0.400. The van der Waals surface area contributed by atoms with Crippen molar-refractivity contribution >= 4 is 11.5 Å². The lowest BCUT2D eigenvalue weighted by molar-refractivity contribution is -0.137. The van der Waals surface area contributed by atoms with Crippen LogP contribution in [0, 0.1) is 6.92 Å². The number of rotatable bonds is 4. The zero-order valence-corrected chi connectivity index (χ0v) is 25.1. The van der Waals surface area contributed by atoms with Crippen molar-refractivity contribution in [2.75, 3.05) is 19.1 Å². The summed E-state index contributed by atoms with van der Waals surface area (Å²) < 4.78 is 46.2. The van der Waals surface area contributed by atoms with Crippen molar-refractivity contribution in [1.82, 2.24) is 0 Å². The number of halogens is 3. The van der Waals surface area contributed by atoms with Gasteiger partial charge in [-0.1, -0.05) is 64.5 Å². The van der Waals surface area contributed by atoms with Gasteiger partial charge in [0, 0.05) is 29.3 Å². The van der Waals surface area contributed by atoms with Crippen LogP contribution in [0.5, 0.6) is 0 Å². The Morgan fingerprint density at radius 2 is 1.73 bits per heavy atom. The van der Waals surface area contributed by atoms with Crippen LogP contribution in [0.4, 0.5) is 18.9 Å². The highest BCUT2D eigenvalue weighted by Gasteiger charge is 2.44. The molecule has 0 N–H and O–H groups in total. The predicted octanol–water partition coefficient (Wildman–Crippen LogP) is 8.84. The van der Waals surface area contributed by atoms with Crippen LogP contribution in [-0.4, -0.2) is 19.9 Å². The van der Waals surface area contributed by atoms with Crippen LogP contribution in [-0.2, 0) is 26.5 Å². The van der Waals surface area contributed by atoms with Gasteiger partial charge in [0.15, 0.2) is 0 Å². The van der Waals surface area contributed by atoms with E-state index in [1.807, 2.05) is 31.9 Å². The SMILES string of the molecule is CC[C@@H]1CC=C(/C=C2/C(=O)C(/C=C3\N(C)c4ccc(C(F)(F)F)cc4C3(C)C)=C2OC)C(C)(C)c2cc(C)ccc21. The molecule has 0 unspecified atom stereocenters. The number of benzene rings is 2. The van der Waals surface area contributed by atoms with E-state index >= 15 is 0 Å². The maximum absolute atomic E-state index is 13.6. The lowest BCUT2D eigenvalue weighted by atomic mass is 9.73. The molecule has 0 fully saturated rings. The maximum Gasteiger partial charge on any atom is 0.416 e. The molecule has 216 valence electrons. The summed E-state index contributed by atoms with van der Waals surface area (Å²) in [6.07, 6.45) is 3.51. The van der Waals surface area contributed by atoms with Gasteiger partial charge in [-0.2, -0.15) is 13.2 Å². The van der Waals surface area contributed by atoms with E-state index in [-0.39, 0.29) is 11.2 Å². The third kappa shape index (κ3) is 4.56. The Labute approximate surface area is 241 Å². The highest BCUT2D eigenvalue weighted by molar-refractivity contribution is 6.21. The summed E-state index contributed by atoms with van der Waals surface area (Å²) in [4.78, 5) is 15.5. The number of likely N-dealkylation sites (N-methyl/N-ethyl adjacent to an activating group) is 1. The van der Waals surface area contributed by atoms with Gasteiger partial charge in [0.25, 0.3) is 0 Å². The Morgan fingerprint density at radius 1 is 1.02 bits per heavy atom. The topological polar surface area (TPSA) is 29.5 Å². The Morgan fingerprint density at radius 3 is 2.37 bits per heavy atom. The number of hydrogen-bond acceptors (Lipinski definition) is 3. The quantitative estimate of drug-likeness (QED) is 0.349. The number of anilines is 1. The van der Waals surface area contributed by atoms with Crippen LogP contribution >= 0.6 is 0 Å². The van der Waals surface area contributed by atoms with E-state index < -0.39 is 17.2 Å². The third-order valence-electron chi connectivity index (χ3n) is 9.28. The first-order valence-electron chi connectivity index (χ1n) is 14.2. The molecular formula is C35H38F3NO2. The molecule has 5 rings (SSSR count). The van der Waals surface area contributed by atoms with Gasteiger partial charge in [-0.25, -0.2) is 0 Å². The molecular weight excluding hydrogens is 523 g/mol. The van der Waals surface area contributed by atoms with E-state index in [1.165, 1.54) is 28.8 Å². The highest BCUT2D eigenvalue weighted by Crippen LogP contribution is 2.50. The minimum Gasteiger partial charge on any atom is -0.495 e. The van der Waals surface area contributed by atoms with Crippen molar-refractivity contribution < 1.29 is 22.7 Å². The first-order valence-corrected chi connectivity index (χ1v) is 14.2. The first-order chi connectivity index (χ1) is 19.1. The molecule has 0 bridgehead atoms. The number of nitrogens with zero attached hydrogens (tertiary/aromatic N) is 1. The van der Waals surface area contributed by atoms with Crippen LogP contribution < -0.4 is 4.90 Å². The normalized spacial score (nSPS) is 23.3. The number of fused-ring (bicyclic) bond motifs is 2. The third-order valence-corrected chi connectivity index (χ3v) is 9.28. The van der Waals surface area contributed by atoms with E-state index in [2.05, 4.69) is 52.0 Å². The summed E-state index contributed by atoms with van der Waals surface area (Å²) in [5.74, 6) is 0.800. The molecule has 0 amide bonds. The van der Waals surface area contributed by atoms with Gasteiger partial charge in [0.2, 0.25) is 5.78 Å². The van der Waals surface area contributed by atoms with Gasteiger partial charge in [-0.05, 0) is 78.3 Å². The Balaban J connectivity index is 1.56. The maximum atomic E-state index is 13.6.